The van der Waals surface area contributed by atoms with E-state index in [0.29, 0.717) is 0 Å². The summed E-state index contributed by atoms with van der Waals surface area (Å²) in [6, 6.07) is 12.2. The number of nitrogens with one attached hydrogen (secondary N) is 2. The van der Waals surface area contributed by atoms with Gasteiger partial charge in [-0.2, -0.15) is 0 Å². The molecule has 28 heavy (non-hydrogen) atoms. The van der Waals surface area contributed by atoms with E-state index in [1.54, 1.807) is 6.26 Å². The second-order valence-corrected chi connectivity index (χ2v) is 6.64. The van der Waals surface area contributed by atoms with E-state index in [1.165, 1.54) is 0 Å². The van der Waals surface area contributed by atoms with Gasteiger partial charge in [0.1, 0.15) is 6.26 Å². The number of aromatic nitrogens is 1. The highest BCUT2D eigenvalue weighted by Gasteiger charge is 2.20. The fourth-order valence-electron chi connectivity index (χ4n) is 3.14. The normalized spacial score (nSPS) is 15.2. The van der Waals surface area contributed by atoms with Crippen molar-refractivity contribution >= 4 is 35.6 Å². The van der Waals surface area contributed by atoms with Gasteiger partial charge in [-0.15, -0.1) is 24.0 Å². The van der Waals surface area contributed by atoms with E-state index in [1.807, 2.05) is 24.3 Å². The lowest BCUT2D eigenvalue weighted by Gasteiger charge is -2.36. The molecule has 1 aliphatic rings. The van der Waals surface area contributed by atoms with Crippen molar-refractivity contribution in [3.8, 4) is 0 Å². The van der Waals surface area contributed by atoms with Gasteiger partial charge in [0.15, 0.2) is 5.96 Å². The molecule has 2 heterocycles. The number of hydrogen-bond donors (Lipinski definition) is 2. The highest BCUT2D eigenvalue weighted by molar-refractivity contribution is 14.0. The molecule has 0 saturated carbocycles. The molecule has 1 saturated heterocycles. The van der Waals surface area contributed by atoms with Crippen LogP contribution in [-0.2, 0) is 6.54 Å². The molecule has 0 spiro atoms. The Labute approximate surface area is 184 Å². The molecule has 1 aliphatic heterocycles. The van der Waals surface area contributed by atoms with Gasteiger partial charge in [-0.3, -0.25) is 9.89 Å². The molecular formula is C20H31IN6O. The Hall–Kier alpha value is -1.81. The summed E-state index contributed by atoms with van der Waals surface area (Å²) in [5.41, 5.74) is 2.16. The number of aliphatic imine (C=N–C) groups is 1. The monoisotopic (exact) mass is 498 g/mol. The Balaban J connectivity index is 0.00000280. The minimum absolute atomic E-state index is 0. The van der Waals surface area contributed by atoms with Crippen LogP contribution >= 0.6 is 24.0 Å². The standard InChI is InChI=1S/C20H30N6O.HI/c1-2-21-20(23-11-6-10-22-18-7-4-3-5-8-18)26-14-12-25(13-15-26)17-19-9-16-27-24-19;/h3-5,7-9,16,22H,2,6,10-15,17H2,1H3,(H,21,23);1H. The molecule has 7 nitrogen and oxygen atoms in total. The number of halogens is 1. The molecule has 3 rings (SSSR count). The van der Waals surface area contributed by atoms with Gasteiger partial charge in [0.2, 0.25) is 0 Å². The molecule has 0 bridgehead atoms. The number of anilines is 1. The highest BCUT2D eigenvalue weighted by Crippen LogP contribution is 2.08. The predicted octanol–water partition coefficient (Wildman–Crippen LogP) is 2.88. The van der Waals surface area contributed by atoms with Gasteiger partial charge >= 0.3 is 0 Å². The van der Waals surface area contributed by atoms with Crippen LogP contribution < -0.4 is 10.6 Å². The predicted molar refractivity (Wildman–Crippen MR) is 124 cm³/mol. The molecule has 1 fully saturated rings. The average Bonchev–Trinajstić information content (AvgIpc) is 3.21. The number of rotatable bonds is 8. The van der Waals surface area contributed by atoms with Crippen LogP contribution in [0.15, 0.2) is 52.2 Å². The van der Waals surface area contributed by atoms with Crippen LogP contribution in [0, 0.1) is 0 Å². The maximum absolute atomic E-state index is 4.92. The maximum atomic E-state index is 4.92. The van der Waals surface area contributed by atoms with Crippen molar-refractivity contribution in [2.45, 2.75) is 19.9 Å². The molecule has 8 heteroatoms. The van der Waals surface area contributed by atoms with Gasteiger partial charge in [0, 0.05) is 64.1 Å². The van der Waals surface area contributed by atoms with Crippen LogP contribution in [0.4, 0.5) is 5.69 Å². The Morgan fingerprint density at radius 3 is 2.61 bits per heavy atom. The van der Waals surface area contributed by atoms with Gasteiger partial charge in [-0.1, -0.05) is 23.4 Å². The first-order valence-electron chi connectivity index (χ1n) is 9.79. The fraction of sp³-hybridized carbons (Fsp3) is 0.500. The van der Waals surface area contributed by atoms with Crippen LogP contribution in [0.2, 0.25) is 0 Å². The number of nitrogens with zero attached hydrogens (tertiary/aromatic N) is 4. The SMILES string of the molecule is CCNC(=NCCCNc1ccccc1)N1CCN(Cc2ccon2)CC1.I. The summed E-state index contributed by atoms with van der Waals surface area (Å²) in [7, 11) is 0. The molecule has 1 aromatic heterocycles. The van der Waals surface area contributed by atoms with Crippen LogP contribution in [0.5, 0.6) is 0 Å². The summed E-state index contributed by atoms with van der Waals surface area (Å²) in [4.78, 5) is 9.57. The molecule has 1 aromatic carbocycles. The van der Waals surface area contributed by atoms with Crippen molar-refractivity contribution in [2.75, 3.05) is 51.1 Å². The summed E-state index contributed by atoms with van der Waals surface area (Å²) < 4.78 is 4.92. The summed E-state index contributed by atoms with van der Waals surface area (Å²) >= 11 is 0. The molecule has 2 N–H and O–H groups in total. The highest BCUT2D eigenvalue weighted by atomic mass is 127. The third kappa shape index (κ3) is 7.31. The Kier molecular flexibility index (Phi) is 10.1. The molecule has 0 unspecified atom stereocenters. The topological polar surface area (TPSA) is 68.9 Å². The van der Waals surface area contributed by atoms with E-state index in [0.717, 1.165) is 76.1 Å². The van der Waals surface area contributed by atoms with Crippen molar-refractivity contribution < 1.29 is 4.52 Å². The second kappa shape index (κ2) is 12.6. The van der Waals surface area contributed by atoms with Gasteiger partial charge < -0.3 is 20.1 Å². The Morgan fingerprint density at radius 2 is 1.93 bits per heavy atom. The average molecular weight is 498 g/mol. The first-order chi connectivity index (χ1) is 13.3. The van der Waals surface area contributed by atoms with Gasteiger partial charge in [0.05, 0.1) is 5.69 Å². The zero-order valence-corrected chi connectivity index (χ0v) is 18.8. The van der Waals surface area contributed by atoms with Crippen LogP contribution in [0.3, 0.4) is 0 Å². The molecule has 0 radical (unpaired) electrons. The zero-order chi connectivity index (χ0) is 18.7. The molecular weight excluding hydrogens is 467 g/mol. The second-order valence-electron chi connectivity index (χ2n) is 6.64. The van der Waals surface area contributed by atoms with Gasteiger partial charge in [-0.05, 0) is 25.5 Å². The van der Waals surface area contributed by atoms with Crippen molar-refractivity contribution in [3.05, 3.63) is 48.4 Å². The van der Waals surface area contributed by atoms with E-state index >= 15 is 0 Å². The fourth-order valence-corrected chi connectivity index (χ4v) is 3.14. The lowest BCUT2D eigenvalue weighted by molar-refractivity contribution is 0.169. The summed E-state index contributed by atoms with van der Waals surface area (Å²) in [6.45, 7) is 9.58. The number of benzene rings is 1. The minimum atomic E-state index is 0. The third-order valence-corrected chi connectivity index (χ3v) is 4.58. The van der Waals surface area contributed by atoms with E-state index in [4.69, 9.17) is 9.52 Å². The van der Waals surface area contributed by atoms with Crippen LogP contribution in [-0.4, -0.2) is 66.7 Å². The summed E-state index contributed by atoms with van der Waals surface area (Å²) in [5.74, 6) is 1.03. The largest absolute Gasteiger partial charge is 0.385 e. The van der Waals surface area contributed by atoms with Crippen molar-refractivity contribution in [3.63, 3.8) is 0 Å². The van der Waals surface area contributed by atoms with E-state index in [2.05, 4.69) is 44.6 Å². The number of piperazine rings is 1. The first kappa shape index (κ1) is 22.5. The number of guanidine groups is 1. The quantitative estimate of drug-likeness (QED) is 0.253. The third-order valence-electron chi connectivity index (χ3n) is 4.58. The number of hydrogen-bond acceptors (Lipinski definition) is 5. The minimum Gasteiger partial charge on any atom is -0.385 e. The molecule has 154 valence electrons. The Bertz CT molecular complexity index is 671. The number of para-hydroxylation sites is 1. The van der Waals surface area contributed by atoms with E-state index in [9.17, 15) is 0 Å². The lowest BCUT2D eigenvalue weighted by Crippen LogP contribution is -2.52. The van der Waals surface area contributed by atoms with Gasteiger partial charge in [0.25, 0.3) is 0 Å². The smallest absolute Gasteiger partial charge is 0.194 e. The zero-order valence-electron chi connectivity index (χ0n) is 16.5. The van der Waals surface area contributed by atoms with Crippen molar-refractivity contribution in [1.29, 1.82) is 0 Å². The maximum Gasteiger partial charge on any atom is 0.194 e. The van der Waals surface area contributed by atoms with E-state index in [-0.39, 0.29) is 24.0 Å². The van der Waals surface area contributed by atoms with Crippen LogP contribution in [0.25, 0.3) is 0 Å². The molecule has 2 aromatic rings. The van der Waals surface area contributed by atoms with Crippen molar-refractivity contribution in [1.82, 2.24) is 20.3 Å². The summed E-state index contributed by atoms with van der Waals surface area (Å²) in [6.07, 6.45) is 2.64. The summed E-state index contributed by atoms with van der Waals surface area (Å²) in [5, 5.41) is 10.9. The van der Waals surface area contributed by atoms with Gasteiger partial charge in [-0.25, -0.2) is 0 Å². The van der Waals surface area contributed by atoms with E-state index < -0.39 is 0 Å². The molecule has 0 atom stereocenters. The Morgan fingerprint density at radius 1 is 1.14 bits per heavy atom. The molecule has 0 amide bonds. The van der Waals surface area contributed by atoms with Crippen LogP contribution in [0.1, 0.15) is 19.0 Å². The first-order valence-corrected chi connectivity index (χ1v) is 9.79. The molecule has 0 aliphatic carbocycles. The lowest BCUT2D eigenvalue weighted by atomic mass is 10.3. The van der Waals surface area contributed by atoms with Crippen molar-refractivity contribution in [2.24, 2.45) is 4.99 Å².